The van der Waals surface area contributed by atoms with Gasteiger partial charge in [0.15, 0.2) is 0 Å². The Balaban J connectivity index is 2.16. The number of aliphatic hydroxyl groups is 1. The molecule has 1 fully saturated rings. The number of carbonyl (C=O) groups is 1. The van der Waals surface area contributed by atoms with Crippen LogP contribution in [0.2, 0.25) is 0 Å². The largest absolute Gasteiger partial charge is 0.396 e. The standard InChI is InChI=1S/C15H22FN3O2/c16-13-9-12(4-5-14(13)18-15(21)10-17)19-7-2-1-3-11(19)6-8-20/h4-5,9,11,20H,1-3,6-8,10,17H2,(H,18,21). The number of amides is 1. The maximum Gasteiger partial charge on any atom is 0.238 e. The first-order valence-corrected chi connectivity index (χ1v) is 7.32. The van der Waals surface area contributed by atoms with Crippen molar-refractivity contribution < 1.29 is 14.3 Å². The van der Waals surface area contributed by atoms with Crippen molar-refractivity contribution in [3.05, 3.63) is 24.0 Å². The maximum absolute atomic E-state index is 14.1. The summed E-state index contributed by atoms with van der Waals surface area (Å²) in [7, 11) is 0. The Morgan fingerprint density at radius 1 is 1.48 bits per heavy atom. The number of hydrogen-bond donors (Lipinski definition) is 3. The zero-order valence-electron chi connectivity index (χ0n) is 12.0. The Morgan fingerprint density at radius 2 is 2.29 bits per heavy atom. The average molecular weight is 295 g/mol. The van der Waals surface area contributed by atoms with Gasteiger partial charge in [-0.2, -0.15) is 0 Å². The van der Waals surface area contributed by atoms with Gasteiger partial charge in [-0.15, -0.1) is 0 Å². The summed E-state index contributed by atoms with van der Waals surface area (Å²) in [6.07, 6.45) is 3.89. The van der Waals surface area contributed by atoms with Crippen LogP contribution in [0, 0.1) is 5.82 Å². The van der Waals surface area contributed by atoms with Crippen LogP contribution in [0.5, 0.6) is 0 Å². The van der Waals surface area contributed by atoms with E-state index >= 15 is 0 Å². The van der Waals surface area contributed by atoms with E-state index in [1.54, 1.807) is 12.1 Å². The maximum atomic E-state index is 14.1. The van der Waals surface area contributed by atoms with Gasteiger partial charge >= 0.3 is 0 Å². The SMILES string of the molecule is NCC(=O)Nc1ccc(N2CCCCC2CCO)cc1F. The van der Waals surface area contributed by atoms with E-state index in [2.05, 4.69) is 10.2 Å². The van der Waals surface area contributed by atoms with Crippen molar-refractivity contribution >= 4 is 17.3 Å². The smallest absolute Gasteiger partial charge is 0.238 e. The average Bonchev–Trinajstić information content (AvgIpc) is 2.50. The topological polar surface area (TPSA) is 78.6 Å². The molecule has 0 aromatic heterocycles. The molecular formula is C15H22FN3O2. The van der Waals surface area contributed by atoms with Gasteiger partial charge in [-0.25, -0.2) is 4.39 Å². The number of nitrogens with one attached hydrogen (secondary N) is 1. The summed E-state index contributed by atoms with van der Waals surface area (Å²) in [5, 5.41) is 11.6. The molecule has 2 rings (SSSR count). The molecule has 5 nitrogen and oxygen atoms in total. The van der Waals surface area contributed by atoms with Crippen molar-refractivity contribution in [2.75, 3.05) is 29.9 Å². The highest BCUT2D eigenvalue weighted by atomic mass is 19.1. The fraction of sp³-hybridized carbons (Fsp3) is 0.533. The first-order valence-electron chi connectivity index (χ1n) is 7.32. The molecule has 1 amide bonds. The van der Waals surface area contributed by atoms with Gasteiger partial charge in [0, 0.05) is 24.9 Å². The highest BCUT2D eigenvalue weighted by Gasteiger charge is 2.23. The number of benzene rings is 1. The number of halogens is 1. The van der Waals surface area contributed by atoms with E-state index in [0.717, 1.165) is 31.5 Å². The molecule has 1 unspecified atom stereocenters. The Morgan fingerprint density at radius 3 is 2.95 bits per heavy atom. The molecule has 1 aliphatic heterocycles. The fourth-order valence-electron chi connectivity index (χ4n) is 2.77. The lowest BCUT2D eigenvalue weighted by Gasteiger charge is -2.37. The molecule has 0 bridgehead atoms. The van der Waals surface area contributed by atoms with Gasteiger partial charge in [0.05, 0.1) is 12.2 Å². The zero-order valence-corrected chi connectivity index (χ0v) is 12.0. The minimum atomic E-state index is -0.470. The number of aliphatic hydroxyl groups excluding tert-OH is 1. The number of rotatable bonds is 5. The van der Waals surface area contributed by atoms with Crippen LogP contribution in [-0.4, -0.2) is 36.8 Å². The molecule has 0 spiro atoms. The Bertz CT molecular complexity index is 494. The van der Waals surface area contributed by atoms with Crippen molar-refractivity contribution in [1.82, 2.24) is 0 Å². The number of nitrogens with zero attached hydrogens (tertiary/aromatic N) is 1. The van der Waals surface area contributed by atoms with Crippen LogP contribution in [0.25, 0.3) is 0 Å². The second-order valence-electron chi connectivity index (χ2n) is 5.27. The quantitative estimate of drug-likeness (QED) is 0.768. The fourth-order valence-corrected chi connectivity index (χ4v) is 2.77. The van der Waals surface area contributed by atoms with Gasteiger partial charge in [-0.05, 0) is 43.9 Å². The number of anilines is 2. The van der Waals surface area contributed by atoms with Gasteiger partial charge in [-0.3, -0.25) is 4.79 Å². The first kappa shape index (κ1) is 15.7. The summed E-state index contributed by atoms with van der Waals surface area (Å²) in [6, 6.07) is 5.03. The molecule has 1 aromatic carbocycles. The van der Waals surface area contributed by atoms with Crippen LogP contribution >= 0.6 is 0 Å². The molecule has 21 heavy (non-hydrogen) atoms. The summed E-state index contributed by atoms with van der Waals surface area (Å²) >= 11 is 0. The molecule has 116 valence electrons. The van der Waals surface area contributed by atoms with Crippen LogP contribution in [-0.2, 0) is 4.79 Å². The van der Waals surface area contributed by atoms with E-state index in [1.165, 1.54) is 6.07 Å². The third-order valence-electron chi connectivity index (χ3n) is 3.83. The van der Waals surface area contributed by atoms with E-state index in [4.69, 9.17) is 10.8 Å². The summed E-state index contributed by atoms with van der Waals surface area (Å²) in [4.78, 5) is 13.4. The molecular weight excluding hydrogens is 273 g/mol. The second-order valence-corrected chi connectivity index (χ2v) is 5.27. The first-order chi connectivity index (χ1) is 10.2. The summed E-state index contributed by atoms with van der Waals surface area (Å²) in [5.74, 6) is -0.889. The van der Waals surface area contributed by atoms with Crippen LogP contribution < -0.4 is 16.0 Å². The molecule has 1 atom stereocenters. The monoisotopic (exact) mass is 295 g/mol. The minimum Gasteiger partial charge on any atom is -0.396 e. The van der Waals surface area contributed by atoms with Crippen molar-refractivity contribution in [3.63, 3.8) is 0 Å². The predicted molar refractivity (Wildman–Crippen MR) is 80.8 cm³/mol. The zero-order chi connectivity index (χ0) is 15.2. The van der Waals surface area contributed by atoms with E-state index < -0.39 is 11.7 Å². The van der Waals surface area contributed by atoms with Crippen LogP contribution in [0.3, 0.4) is 0 Å². The summed E-state index contributed by atoms with van der Waals surface area (Å²) < 4.78 is 14.1. The third kappa shape index (κ3) is 3.92. The number of nitrogens with two attached hydrogens (primary N) is 1. The molecule has 0 aliphatic carbocycles. The van der Waals surface area contributed by atoms with E-state index in [-0.39, 0.29) is 24.9 Å². The second kappa shape index (κ2) is 7.38. The lowest BCUT2D eigenvalue weighted by Crippen LogP contribution is -2.40. The van der Waals surface area contributed by atoms with Crippen molar-refractivity contribution in [2.24, 2.45) is 5.73 Å². The molecule has 0 radical (unpaired) electrons. The van der Waals surface area contributed by atoms with Gasteiger partial charge in [-0.1, -0.05) is 0 Å². The molecule has 1 aliphatic rings. The molecule has 1 heterocycles. The lowest BCUT2D eigenvalue weighted by atomic mass is 9.98. The van der Waals surface area contributed by atoms with Gasteiger partial charge in [0.2, 0.25) is 5.91 Å². The van der Waals surface area contributed by atoms with Gasteiger partial charge in [0.25, 0.3) is 0 Å². The van der Waals surface area contributed by atoms with Crippen LogP contribution in [0.4, 0.5) is 15.8 Å². The summed E-state index contributed by atoms with van der Waals surface area (Å²) in [6.45, 7) is 0.818. The number of hydrogen-bond acceptors (Lipinski definition) is 4. The molecule has 6 heteroatoms. The molecule has 1 aromatic rings. The number of piperidine rings is 1. The number of carbonyl (C=O) groups excluding carboxylic acids is 1. The molecule has 0 saturated carbocycles. The Labute approximate surface area is 123 Å². The minimum absolute atomic E-state index is 0.133. The predicted octanol–water partition coefficient (Wildman–Crippen LogP) is 1.46. The lowest BCUT2D eigenvalue weighted by molar-refractivity contribution is -0.114. The van der Waals surface area contributed by atoms with E-state index in [9.17, 15) is 9.18 Å². The van der Waals surface area contributed by atoms with Crippen molar-refractivity contribution in [2.45, 2.75) is 31.7 Å². The Kier molecular flexibility index (Phi) is 5.52. The van der Waals surface area contributed by atoms with Gasteiger partial charge < -0.3 is 21.1 Å². The van der Waals surface area contributed by atoms with Crippen LogP contribution in [0.1, 0.15) is 25.7 Å². The van der Waals surface area contributed by atoms with Crippen LogP contribution in [0.15, 0.2) is 18.2 Å². The molecule has 4 N–H and O–H groups in total. The van der Waals surface area contributed by atoms with Gasteiger partial charge in [0.1, 0.15) is 5.82 Å². The summed E-state index contributed by atoms with van der Waals surface area (Å²) in [5.41, 5.74) is 6.13. The van der Waals surface area contributed by atoms with Crippen molar-refractivity contribution in [1.29, 1.82) is 0 Å². The highest BCUT2D eigenvalue weighted by Crippen LogP contribution is 2.29. The highest BCUT2D eigenvalue weighted by molar-refractivity contribution is 5.92. The van der Waals surface area contributed by atoms with E-state index in [1.807, 2.05) is 0 Å². The molecule has 1 saturated heterocycles. The third-order valence-corrected chi connectivity index (χ3v) is 3.83. The van der Waals surface area contributed by atoms with Crippen molar-refractivity contribution in [3.8, 4) is 0 Å². The Hall–Kier alpha value is -1.66. The van der Waals surface area contributed by atoms with E-state index in [0.29, 0.717) is 6.42 Å². The normalized spacial score (nSPS) is 18.6.